The van der Waals surface area contributed by atoms with E-state index in [1.807, 2.05) is 12.1 Å². The Morgan fingerprint density at radius 1 is 1.25 bits per heavy atom. The monoisotopic (exact) mass is 241 g/mol. The highest BCUT2D eigenvalue weighted by molar-refractivity contribution is 5.85. The first-order chi connectivity index (χ1) is 7.36. The lowest BCUT2D eigenvalue weighted by Crippen LogP contribution is -2.13. The Hall–Kier alpha value is -0.990. The van der Waals surface area contributed by atoms with Crippen LogP contribution in [0.1, 0.15) is 18.9 Å². The van der Waals surface area contributed by atoms with E-state index in [4.69, 9.17) is 4.74 Å². The largest absolute Gasteiger partial charge is 0.497 e. The lowest BCUT2D eigenvalue weighted by atomic mass is 10.2. The molecule has 1 aromatic rings. The lowest BCUT2D eigenvalue weighted by molar-refractivity contribution is 0.415. The second-order valence-corrected chi connectivity index (χ2v) is 3.38. The van der Waals surface area contributed by atoms with Crippen molar-refractivity contribution in [1.29, 1.82) is 0 Å². The smallest absolute Gasteiger partial charge is 0.118 e. The quantitative estimate of drug-likeness (QED) is 0.773. The second-order valence-electron chi connectivity index (χ2n) is 3.38. The van der Waals surface area contributed by atoms with Crippen LogP contribution < -0.4 is 10.1 Å². The van der Waals surface area contributed by atoms with Gasteiger partial charge in [-0.2, -0.15) is 0 Å². The molecular weight excluding hydrogens is 222 g/mol. The molecule has 0 aromatic heterocycles. The van der Waals surface area contributed by atoms with Gasteiger partial charge >= 0.3 is 0 Å². The number of hydrogen-bond donors (Lipinski definition) is 1. The molecule has 0 heterocycles. The van der Waals surface area contributed by atoms with Crippen LogP contribution in [0.3, 0.4) is 0 Å². The van der Waals surface area contributed by atoms with E-state index in [1.165, 1.54) is 12.0 Å². The van der Waals surface area contributed by atoms with Crippen molar-refractivity contribution >= 4 is 18.5 Å². The van der Waals surface area contributed by atoms with Gasteiger partial charge in [0.25, 0.3) is 0 Å². The fourth-order valence-electron chi connectivity index (χ4n) is 1.27. The van der Waals surface area contributed by atoms with Crippen molar-refractivity contribution < 1.29 is 4.74 Å². The zero-order chi connectivity index (χ0) is 10.9. The average Bonchev–Trinajstić information content (AvgIpc) is 2.30. The molecule has 0 aliphatic heterocycles. The Bertz CT molecular complexity index is 295. The minimum atomic E-state index is 0. The van der Waals surface area contributed by atoms with Gasteiger partial charge in [-0.15, -0.1) is 12.4 Å². The summed E-state index contributed by atoms with van der Waals surface area (Å²) >= 11 is 0. The van der Waals surface area contributed by atoms with Crippen molar-refractivity contribution in [2.75, 3.05) is 20.2 Å². The van der Waals surface area contributed by atoms with Crippen molar-refractivity contribution in [1.82, 2.24) is 5.32 Å². The summed E-state index contributed by atoms with van der Waals surface area (Å²) in [4.78, 5) is 0. The third kappa shape index (κ3) is 5.79. The van der Waals surface area contributed by atoms with Gasteiger partial charge in [0.2, 0.25) is 0 Å². The standard InChI is InChI=1S/C13H19NO.ClH/c1-3-10-14-11-4-5-12-6-8-13(15-2)9-7-12;/h4-9,14H,3,10-11H2,1-2H3;1H. The van der Waals surface area contributed by atoms with Crippen LogP contribution in [0.4, 0.5) is 0 Å². The van der Waals surface area contributed by atoms with Gasteiger partial charge in [0.05, 0.1) is 7.11 Å². The molecule has 0 saturated heterocycles. The molecule has 0 saturated carbocycles. The molecule has 0 bridgehead atoms. The SMILES string of the molecule is CCCNCC=Cc1ccc(OC)cc1.Cl. The van der Waals surface area contributed by atoms with E-state index in [0.29, 0.717) is 0 Å². The van der Waals surface area contributed by atoms with E-state index in [9.17, 15) is 0 Å². The molecule has 0 atom stereocenters. The molecule has 0 fully saturated rings. The molecule has 3 heteroatoms. The molecule has 1 N–H and O–H groups in total. The molecule has 90 valence electrons. The maximum Gasteiger partial charge on any atom is 0.118 e. The van der Waals surface area contributed by atoms with Gasteiger partial charge in [0.1, 0.15) is 5.75 Å². The van der Waals surface area contributed by atoms with Crippen molar-refractivity contribution in [3.8, 4) is 5.75 Å². The molecule has 0 aliphatic carbocycles. The third-order valence-corrected chi connectivity index (χ3v) is 2.12. The summed E-state index contributed by atoms with van der Waals surface area (Å²) in [6.45, 7) is 4.17. The summed E-state index contributed by atoms with van der Waals surface area (Å²) in [5.74, 6) is 0.899. The highest BCUT2D eigenvalue weighted by Gasteiger charge is 1.89. The Labute approximate surface area is 104 Å². The van der Waals surface area contributed by atoms with Gasteiger partial charge in [-0.1, -0.05) is 31.2 Å². The van der Waals surface area contributed by atoms with E-state index >= 15 is 0 Å². The lowest BCUT2D eigenvalue weighted by Gasteiger charge is -1.99. The summed E-state index contributed by atoms with van der Waals surface area (Å²) in [6, 6.07) is 8.04. The topological polar surface area (TPSA) is 21.3 Å². The first-order valence-corrected chi connectivity index (χ1v) is 5.38. The van der Waals surface area contributed by atoms with Crippen LogP contribution >= 0.6 is 12.4 Å². The van der Waals surface area contributed by atoms with E-state index in [0.717, 1.165) is 18.8 Å². The minimum absolute atomic E-state index is 0. The van der Waals surface area contributed by atoms with E-state index in [1.54, 1.807) is 7.11 Å². The molecule has 2 nitrogen and oxygen atoms in total. The van der Waals surface area contributed by atoms with E-state index in [2.05, 4.69) is 36.5 Å². The Morgan fingerprint density at radius 2 is 1.94 bits per heavy atom. The number of nitrogens with one attached hydrogen (secondary N) is 1. The summed E-state index contributed by atoms with van der Waals surface area (Å²) in [5, 5.41) is 3.32. The summed E-state index contributed by atoms with van der Waals surface area (Å²) in [7, 11) is 1.68. The molecule has 0 spiro atoms. The van der Waals surface area contributed by atoms with Crippen molar-refractivity contribution in [2.45, 2.75) is 13.3 Å². The molecule has 1 rings (SSSR count). The van der Waals surface area contributed by atoms with Crippen LogP contribution in [0.15, 0.2) is 30.3 Å². The first kappa shape index (κ1) is 15.0. The maximum absolute atomic E-state index is 5.09. The minimum Gasteiger partial charge on any atom is -0.497 e. The van der Waals surface area contributed by atoms with E-state index < -0.39 is 0 Å². The summed E-state index contributed by atoms with van der Waals surface area (Å²) in [6.07, 6.45) is 5.43. The summed E-state index contributed by atoms with van der Waals surface area (Å²) in [5.41, 5.74) is 1.20. The molecule has 0 unspecified atom stereocenters. The van der Waals surface area contributed by atoms with E-state index in [-0.39, 0.29) is 12.4 Å². The van der Waals surface area contributed by atoms with Gasteiger partial charge in [-0.25, -0.2) is 0 Å². The molecular formula is C13H20ClNO. The number of halogens is 1. The van der Waals surface area contributed by atoms with Gasteiger partial charge < -0.3 is 10.1 Å². The Morgan fingerprint density at radius 3 is 2.50 bits per heavy atom. The molecule has 0 amide bonds. The number of methoxy groups -OCH3 is 1. The van der Waals surface area contributed by atoms with Crippen LogP contribution in [0.25, 0.3) is 6.08 Å². The molecule has 1 aromatic carbocycles. The molecule has 16 heavy (non-hydrogen) atoms. The van der Waals surface area contributed by atoms with Gasteiger partial charge in [0.15, 0.2) is 0 Å². The van der Waals surface area contributed by atoms with Crippen molar-refractivity contribution in [3.63, 3.8) is 0 Å². The van der Waals surface area contributed by atoms with Gasteiger partial charge in [-0.05, 0) is 30.7 Å². The van der Waals surface area contributed by atoms with Gasteiger partial charge in [0, 0.05) is 6.54 Å². The normalized spacial score (nSPS) is 10.1. The molecule has 0 radical (unpaired) electrons. The molecule has 0 aliphatic rings. The number of hydrogen-bond acceptors (Lipinski definition) is 2. The zero-order valence-electron chi connectivity index (χ0n) is 9.90. The fraction of sp³-hybridized carbons (Fsp3) is 0.385. The summed E-state index contributed by atoms with van der Waals surface area (Å²) < 4.78 is 5.09. The predicted molar refractivity (Wildman–Crippen MR) is 72.4 cm³/mol. The first-order valence-electron chi connectivity index (χ1n) is 5.38. The number of rotatable bonds is 6. The number of benzene rings is 1. The van der Waals surface area contributed by atoms with Crippen LogP contribution in [0.5, 0.6) is 5.75 Å². The van der Waals surface area contributed by atoms with Crippen molar-refractivity contribution in [3.05, 3.63) is 35.9 Å². The van der Waals surface area contributed by atoms with Crippen LogP contribution in [0, 0.1) is 0 Å². The average molecular weight is 242 g/mol. The number of ether oxygens (including phenoxy) is 1. The third-order valence-electron chi connectivity index (χ3n) is 2.12. The van der Waals surface area contributed by atoms with Crippen LogP contribution in [0.2, 0.25) is 0 Å². The van der Waals surface area contributed by atoms with Crippen LogP contribution in [-0.4, -0.2) is 20.2 Å². The Balaban J connectivity index is 0.00000225. The highest BCUT2D eigenvalue weighted by atomic mass is 35.5. The second kappa shape index (κ2) is 9.25. The van der Waals surface area contributed by atoms with Crippen molar-refractivity contribution in [2.24, 2.45) is 0 Å². The zero-order valence-corrected chi connectivity index (χ0v) is 10.7. The van der Waals surface area contributed by atoms with Crippen LogP contribution in [-0.2, 0) is 0 Å². The van der Waals surface area contributed by atoms with Gasteiger partial charge in [-0.3, -0.25) is 0 Å². The maximum atomic E-state index is 5.09. The predicted octanol–water partition coefficient (Wildman–Crippen LogP) is 3.13. The fourth-order valence-corrected chi connectivity index (χ4v) is 1.27. The Kier molecular flexibility index (Phi) is 8.68. The highest BCUT2D eigenvalue weighted by Crippen LogP contribution is 2.11.